The summed E-state index contributed by atoms with van der Waals surface area (Å²) in [6.45, 7) is 3.94. The Morgan fingerprint density at radius 1 is 1.38 bits per heavy atom. The van der Waals surface area contributed by atoms with Gasteiger partial charge in [-0.05, 0) is 25.3 Å². The topological polar surface area (TPSA) is 74.8 Å². The summed E-state index contributed by atoms with van der Waals surface area (Å²) in [6, 6.07) is 7.99. The lowest BCUT2D eigenvalue weighted by Gasteiger charge is -2.17. The van der Waals surface area contributed by atoms with Crippen LogP contribution >= 0.6 is 0 Å². The maximum atomic E-state index is 12.5. The van der Waals surface area contributed by atoms with Crippen molar-refractivity contribution in [2.45, 2.75) is 43.7 Å². The molecule has 1 saturated carbocycles. The second kappa shape index (κ2) is 4.96. The zero-order valence-corrected chi connectivity index (χ0v) is 13.0. The van der Waals surface area contributed by atoms with Gasteiger partial charge in [-0.3, -0.25) is 0 Å². The molecule has 112 valence electrons. The SMILES string of the molecule is CCc1ncc(S(=O)(=O)NC2(c3cccc(C)c3)CC2)[nH]1. The molecule has 2 N–H and O–H groups in total. The summed E-state index contributed by atoms with van der Waals surface area (Å²) in [4.78, 5) is 6.92. The van der Waals surface area contributed by atoms with Crippen LogP contribution < -0.4 is 4.72 Å². The molecule has 21 heavy (non-hydrogen) atoms. The molecule has 0 aliphatic heterocycles. The molecule has 1 aliphatic carbocycles. The Morgan fingerprint density at radius 2 is 2.14 bits per heavy atom. The van der Waals surface area contributed by atoms with Gasteiger partial charge in [0.25, 0.3) is 10.0 Å². The van der Waals surface area contributed by atoms with E-state index in [1.165, 1.54) is 6.20 Å². The summed E-state index contributed by atoms with van der Waals surface area (Å²) < 4.78 is 27.8. The lowest BCUT2D eigenvalue weighted by Crippen LogP contribution is -2.35. The standard InChI is InChI=1S/C15H19N3O2S/c1-3-13-16-10-14(17-13)21(19,20)18-15(7-8-15)12-6-4-5-11(2)9-12/h4-6,9-10,18H,3,7-8H2,1-2H3,(H,16,17). The minimum Gasteiger partial charge on any atom is -0.332 e. The first-order valence-electron chi connectivity index (χ1n) is 7.10. The molecule has 0 atom stereocenters. The van der Waals surface area contributed by atoms with E-state index in [2.05, 4.69) is 14.7 Å². The van der Waals surface area contributed by atoms with Crippen LogP contribution in [0.1, 0.15) is 36.7 Å². The maximum Gasteiger partial charge on any atom is 0.258 e. The van der Waals surface area contributed by atoms with E-state index in [0.29, 0.717) is 12.2 Å². The van der Waals surface area contributed by atoms with Gasteiger partial charge in [0.2, 0.25) is 0 Å². The fourth-order valence-electron chi connectivity index (χ4n) is 2.49. The number of H-pyrrole nitrogens is 1. The quantitative estimate of drug-likeness (QED) is 0.889. The molecule has 0 amide bonds. The van der Waals surface area contributed by atoms with Gasteiger partial charge in [0.05, 0.1) is 11.7 Å². The largest absolute Gasteiger partial charge is 0.332 e. The second-order valence-electron chi connectivity index (χ2n) is 5.60. The third-order valence-corrected chi connectivity index (χ3v) is 5.33. The molecular weight excluding hydrogens is 286 g/mol. The summed E-state index contributed by atoms with van der Waals surface area (Å²) >= 11 is 0. The normalized spacial score (nSPS) is 16.9. The van der Waals surface area contributed by atoms with Crippen LogP contribution in [-0.4, -0.2) is 18.4 Å². The van der Waals surface area contributed by atoms with Crippen LogP contribution in [0.5, 0.6) is 0 Å². The molecule has 1 fully saturated rings. The van der Waals surface area contributed by atoms with Crippen molar-refractivity contribution in [2.24, 2.45) is 0 Å². The van der Waals surface area contributed by atoms with E-state index < -0.39 is 15.6 Å². The average molecular weight is 305 g/mol. The molecule has 1 aliphatic rings. The Bertz CT molecular complexity index is 761. The molecule has 5 nitrogen and oxygen atoms in total. The van der Waals surface area contributed by atoms with Gasteiger partial charge in [-0.2, -0.15) is 4.72 Å². The number of hydrogen-bond acceptors (Lipinski definition) is 3. The Balaban J connectivity index is 1.88. The summed E-state index contributed by atoms with van der Waals surface area (Å²) in [5, 5.41) is 0.137. The van der Waals surface area contributed by atoms with Crippen molar-refractivity contribution < 1.29 is 8.42 Å². The molecule has 1 heterocycles. The van der Waals surface area contributed by atoms with Crippen molar-refractivity contribution in [3.05, 3.63) is 47.4 Å². The molecule has 0 unspecified atom stereocenters. The Labute approximate surface area is 124 Å². The first-order valence-corrected chi connectivity index (χ1v) is 8.58. The predicted octanol–water partition coefficient (Wildman–Crippen LogP) is 2.25. The van der Waals surface area contributed by atoms with Crippen molar-refractivity contribution in [2.75, 3.05) is 0 Å². The van der Waals surface area contributed by atoms with Gasteiger partial charge in [0.1, 0.15) is 5.82 Å². The highest BCUT2D eigenvalue weighted by atomic mass is 32.2. The van der Waals surface area contributed by atoms with Gasteiger partial charge >= 0.3 is 0 Å². The molecule has 0 radical (unpaired) electrons. The fourth-order valence-corrected chi connectivity index (χ4v) is 3.88. The summed E-state index contributed by atoms with van der Waals surface area (Å²) in [5.41, 5.74) is 1.71. The maximum absolute atomic E-state index is 12.5. The Morgan fingerprint density at radius 3 is 2.71 bits per heavy atom. The molecule has 3 rings (SSSR count). The van der Waals surface area contributed by atoms with Crippen LogP contribution in [0, 0.1) is 6.92 Å². The number of aromatic nitrogens is 2. The average Bonchev–Trinajstić information content (AvgIpc) is 3.04. The fraction of sp³-hybridized carbons (Fsp3) is 0.400. The van der Waals surface area contributed by atoms with Gasteiger partial charge < -0.3 is 4.98 Å². The minimum atomic E-state index is -3.57. The highest BCUT2D eigenvalue weighted by molar-refractivity contribution is 7.89. The van der Waals surface area contributed by atoms with Gasteiger partial charge in [0, 0.05) is 6.42 Å². The van der Waals surface area contributed by atoms with Crippen LogP contribution in [0.25, 0.3) is 0 Å². The summed E-state index contributed by atoms with van der Waals surface area (Å²) in [7, 11) is -3.57. The number of sulfonamides is 1. The lowest BCUT2D eigenvalue weighted by atomic mass is 10.0. The molecule has 6 heteroatoms. The van der Waals surface area contributed by atoms with E-state index in [1.54, 1.807) is 0 Å². The number of benzene rings is 1. The van der Waals surface area contributed by atoms with E-state index >= 15 is 0 Å². The van der Waals surface area contributed by atoms with Gasteiger partial charge in [-0.25, -0.2) is 13.4 Å². The Kier molecular flexibility index (Phi) is 3.37. The number of nitrogens with one attached hydrogen (secondary N) is 2. The first kappa shape index (κ1) is 14.3. The third kappa shape index (κ3) is 2.73. The lowest BCUT2D eigenvalue weighted by molar-refractivity contribution is 0.548. The monoisotopic (exact) mass is 305 g/mol. The van der Waals surface area contributed by atoms with Crippen LogP contribution in [-0.2, 0) is 22.0 Å². The first-order chi connectivity index (χ1) is 9.95. The van der Waals surface area contributed by atoms with Crippen molar-refractivity contribution in [1.29, 1.82) is 0 Å². The number of rotatable bonds is 5. The van der Waals surface area contributed by atoms with Crippen LogP contribution in [0.2, 0.25) is 0 Å². The van der Waals surface area contributed by atoms with Crippen molar-refractivity contribution in [1.82, 2.24) is 14.7 Å². The number of hydrogen-bond donors (Lipinski definition) is 2. The molecule has 2 aromatic rings. The predicted molar refractivity (Wildman–Crippen MR) is 80.4 cm³/mol. The van der Waals surface area contributed by atoms with Crippen LogP contribution in [0.4, 0.5) is 0 Å². The minimum absolute atomic E-state index is 0.137. The Hall–Kier alpha value is -1.66. The van der Waals surface area contributed by atoms with Crippen LogP contribution in [0.3, 0.4) is 0 Å². The van der Waals surface area contributed by atoms with Crippen LogP contribution in [0.15, 0.2) is 35.5 Å². The molecule has 0 spiro atoms. The second-order valence-corrected chi connectivity index (χ2v) is 7.26. The van der Waals surface area contributed by atoms with E-state index in [9.17, 15) is 8.42 Å². The number of aryl methyl sites for hydroxylation is 2. The van der Waals surface area contributed by atoms with Gasteiger partial charge in [-0.1, -0.05) is 36.8 Å². The molecular formula is C15H19N3O2S. The van der Waals surface area contributed by atoms with Gasteiger partial charge in [-0.15, -0.1) is 0 Å². The van der Waals surface area contributed by atoms with Crippen molar-refractivity contribution in [3.8, 4) is 0 Å². The number of aromatic amines is 1. The van der Waals surface area contributed by atoms with E-state index in [-0.39, 0.29) is 5.03 Å². The van der Waals surface area contributed by atoms with Crippen molar-refractivity contribution in [3.63, 3.8) is 0 Å². The van der Waals surface area contributed by atoms with E-state index in [1.807, 2.05) is 38.1 Å². The highest BCUT2D eigenvalue weighted by Crippen LogP contribution is 2.46. The highest BCUT2D eigenvalue weighted by Gasteiger charge is 2.47. The molecule has 0 bridgehead atoms. The summed E-state index contributed by atoms with van der Waals surface area (Å²) in [5.74, 6) is 0.677. The number of nitrogens with zero attached hydrogens (tertiary/aromatic N) is 1. The summed E-state index contributed by atoms with van der Waals surface area (Å²) in [6.07, 6.45) is 3.71. The van der Waals surface area contributed by atoms with E-state index in [0.717, 1.165) is 24.0 Å². The van der Waals surface area contributed by atoms with E-state index in [4.69, 9.17) is 0 Å². The molecule has 1 aromatic carbocycles. The zero-order chi connectivity index (χ0) is 15.1. The van der Waals surface area contributed by atoms with Gasteiger partial charge in [0.15, 0.2) is 5.03 Å². The third-order valence-electron chi connectivity index (χ3n) is 3.88. The molecule has 0 saturated heterocycles. The zero-order valence-electron chi connectivity index (χ0n) is 12.2. The number of imidazole rings is 1. The smallest absolute Gasteiger partial charge is 0.258 e. The molecule has 1 aromatic heterocycles. The van der Waals surface area contributed by atoms with Crippen molar-refractivity contribution >= 4 is 10.0 Å².